The van der Waals surface area contributed by atoms with Gasteiger partial charge in [-0.05, 0) is 36.8 Å². The Hall–Kier alpha value is -1.59. The number of benzene rings is 1. The van der Waals surface area contributed by atoms with Crippen LogP contribution >= 0.6 is 0 Å². The van der Waals surface area contributed by atoms with Gasteiger partial charge in [0.05, 0.1) is 5.69 Å². The Balaban J connectivity index is 1.93. The van der Waals surface area contributed by atoms with Gasteiger partial charge in [0.1, 0.15) is 6.10 Å². The van der Waals surface area contributed by atoms with Gasteiger partial charge in [-0.2, -0.15) is 0 Å². The molecule has 0 spiro atoms. The van der Waals surface area contributed by atoms with E-state index in [4.69, 9.17) is 5.73 Å². The monoisotopic (exact) mass is 361 g/mol. The molecule has 0 aliphatic heterocycles. The maximum atomic E-state index is 12.6. The highest BCUT2D eigenvalue weighted by Gasteiger charge is 2.27. The van der Waals surface area contributed by atoms with Crippen molar-refractivity contribution < 1.29 is 9.90 Å². The van der Waals surface area contributed by atoms with E-state index < -0.39 is 18.1 Å². The minimum absolute atomic E-state index is 0.416. The number of rotatable bonds is 9. The van der Waals surface area contributed by atoms with Crippen molar-refractivity contribution in [2.45, 2.75) is 70.9 Å². The number of hydrogen-bond acceptors (Lipinski definition) is 4. The van der Waals surface area contributed by atoms with Crippen molar-refractivity contribution >= 4 is 11.6 Å². The predicted octanol–water partition coefficient (Wildman–Crippen LogP) is 3.23. The van der Waals surface area contributed by atoms with Gasteiger partial charge in [0.2, 0.25) is 0 Å². The summed E-state index contributed by atoms with van der Waals surface area (Å²) < 4.78 is 0. The van der Waals surface area contributed by atoms with Gasteiger partial charge < -0.3 is 10.8 Å². The summed E-state index contributed by atoms with van der Waals surface area (Å²) in [5.41, 5.74) is 9.94. The quantitative estimate of drug-likeness (QED) is 0.590. The number of hydrogen-bond donors (Lipinski definition) is 3. The van der Waals surface area contributed by atoms with Crippen LogP contribution in [0.3, 0.4) is 0 Å². The number of aliphatic hydroxyl groups excluding tert-OH is 1. The number of carbonyl (C=O) groups excluding carboxylic acids is 1. The van der Waals surface area contributed by atoms with Crippen molar-refractivity contribution in [3.63, 3.8) is 0 Å². The number of nitrogens with one attached hydrogen (secondary N) is 1. The third kappa shape index (κ3) is 6.61. The zero-order chi connectivity index (χ0) is 18.9. The Kier molecular flexibility index (Phi) is 8.39. The lowest BCUT2D eigenvalue weighted by atomic mass is 9.84. The van der Waals surface area contributed by atoms with E-state index in [1.807, 2.05) is 35.3 Å². The fourth-order valence-electron chi connectivity index (χ4n) is 3.58. The van der Waals surface area contributed by atoms with Crippen LogP contribution < -0.4 is 16.2 Å². The van der Waals surface area contributed by atoms with Gasteiger partial charge in [-0.25, -0.2) is 0 Å². The van der Waals surface area contributed by atoms with Crippen LogP contribution in [-0.4, -0.2) is 29.7 Å². The van der Waals surface area contributed by atoms with Crippen LogP contribution in [0.2, 0.25) is 0 Å². The summed E-state index contributed by atoms with van der Waals surface area (Å²) in [4.78, 5) is 12.6. The molecular weight excluding hydrogens is 326 g/mol. The summed E-state index contributed by atoms with van der Waals surface area (Å²) in [6.07, 6.45) is 6.55. The molecule has 0 radical (unpaired) electrons. The molecule has 1 fully saturated rings. The fraction of sp³-hybridized carbons (Fsp3) is 0.667. The van der Waals surface area contributed by atoms with Gasteiger partial charge in [0, 0.05) is 12.6 Å². The molecule has 1 unspecified atom stereocenters. The number of nitrogens with two attached hydrogens (primary N) is 1. The van der Waals surface area contributed by atoms with Crippen molar-refractivity contribution in [3.8, 4) is 0 Å². The SMILES string of the molecule is CC(C)CCN(NC(=O)C(O)[C@H](N)CC1CCCCC1)c1ccccc1. The zero-order valence-electron chi connectivity index (χ0n) is 16.2. The summed E-state index contributed by atoms with van der Waals surface area (Å²) >= 11 is 0. The molecule has 2 rings (SSSR count). The molecular formula is C21H35N3O2. The maximum absolute atomic E-state index is 12.6. The van der Waals surface area contributed by atoms with Crippen LogP contribution in [-0.2, 0) is 4.79 Å². The third-order valence-electron chi connectivity index (χ3n) is 5.25. The molecule has 2 atom stereocenters. The van der Waals surface area contributed by atoms with Crippen molar-refractivity contribution in [3.05, 3.63) is 30.3 Å². The van der Waals surface area contributed by atoms with E-state index in [1.54, 1.807) is 0 Å². The van der Waals surface area contributed by atoms with Gasteiger partial charge >= 0.3 is 0 Å². The number of para-hydroxylation sites is 1. The van der Waals surface area contributed by atoms with Crippen molar-refractivity contribution in [2.24, 2.45) is 17.6 Å². The highest BCUT2D eigenvalue weighted by molar-refractivity contribution is 5.82. The Bertz CT molecular complexity index is 529. The molecule has 26 heavy (non-hydrogen) atoms. The number of amides is 1. The van der Waals surface area contributed by atoms with Crippen LogP contribution in [0.15, 0.2) is 30.3 Å². The molecule has 0 heterocycles. The van der Waals surface area contributed by atoms with Gasteiger partial charge in [-0.3, -0.25) is 15.2 Å². The number of hydrazine groups is 1. The lowest BCUT2D eigenvalue weighted by molar-refractivity contribution is -0.130. The summed E-state index contributed by atoms with van der Waals surface area (Å²) in [5.74, 6) is 0.643. The minimum atomic E-state index is -1.18. The third-order valence-corrected chi connectivity index (χ3v) is 5.25. The van der Waals surface area contributed by atoms with E-state index in [9.17, 15) is 9.90 Å². The smallest absolute Gasteiger partial charge is 0.268 e. The number of aliphatic hydroxyl groups is 1. The molecule has 0 bridgehead atoms. The molecule has 0 saturated heterocycles. The van der Waals surface area contributed by atoms with Crippen LogP contribution in [0.1, 0.15) is 58.8 Å². The number of carbonyl (C=O) groups is 1. The first-order valence-electron chi connectivity index (χ1n) is 10.0. The molecule has 4 N–H and O–H groups in total. The average Bonchev–Trinajstić information content (AvgIpc) is 2.65. The molecule has 146 valence electrons. The van der Waals surface area contributed by atoms with Gasteiger partial charge in [0.15, 0.2) is 0 Å². The van der Waals surface area contributed by atoms with Crippen molar-refractivity contribution in [1.29, 1.82) is 0 Å². The Labute approximate surface area is 157 Å². The van der Waals surface area contributed by atoms with E-state index >= 15 is 0 Å². The maximum Gasteiger partial charge on any atom is 0.268 e. The highest BCUT2D eigenvalue weighted by Crippen LogP contribution is 2.27. The Morgan fingerprint density at radius 2 is 1.88 bits per heavy atom. The topological polar surface area (TPSA) is 78.6 Å². The lowest BCUT2D eigenvalue weighted by Crippen LogP contribution is -2.53. The van der Waals surface area contributed by atoms with Crippen LogP contribution in [0, 0.1) is 11.8 Å². The Morgan fingerprint density at radius 1 is 1.23 bits per heavy atom. The van der Waals surface area contributed by atoms with Gasteiger partial charge in [-0.1, -0.05) is 64.2 Å². The predicted molar refractivity (Wildman–Crippen MR) is 107 cm³/mol. The van der Waals surface area contributed by atoms with E-state index in [1.165, 1.54) is 19.3 Å². The molecule has 1 aromatic carbocycles. The molecule has 5 nitrogen and oxygen atoms in total. The van der Waals surface area contributed by atoms with E-state index in [0.29, 0.717) is 24.8 Å². The summed E-state index contributed by atoms with van der Waals surface area (Å²) in [6, 6.07) is 9.22. The van der Waals surface area contributed by atoms with Crippen LogP contribution in [0.4, 0.5) is 5.69 Å². The van der Waals surface area contributed by atoms with Crippen LogP contribution in [0.25, 0.3) is 0 Å². The fourth-order valence-corrected chi connectivity index (χ4v) is 3.58. The standard InChI is InChI=1S/C21H35N3O2/c1-16(2)13-14-24(18-11-7-4-8-12-18)23-21(26)20(25)19(22)15-17-9-5-3-6-10-17/h4,7-8,11-12,16-17,19-20,25H,3,5-6,9-10,13-15,22H2,1-2H3,(H,23,26)/t19-,20?/m1/s1. The summed E-state index contributed by atoms with van der Waals surface area (Å²) in [7, 11) is 0. The molecule has 1 saturated carbocycles. The number of nitrogens with zero attached hydrogens (tertiary/aromatic N) is 1. The first-order chi connectivity index (χ1) is 12.5. The van der Waals surface area contributed by atoms with E-state index in [0.717, 1.165) is 24.9 Å². The first-order valence-corrected chi connectivity index (χ1v) is 10.0. The van der Waals surface area contributed by atoms with Crippen LogP contribution in [0.5, 0.6) is 0 Å². The zero-order valence-corrected chi connectivity index (χ0v) is 16.2. The molecule has 1 aliphatic carbocycles. The largest absolute Gasteiger partial charge is 0.382 e. The minimum Gasteiger partial charge on any atom is -0.382 e. The molecule has 5 heteroatoms. The summed E-state index contributed by atoms with van der Waals surface area (Å²) in [5, 5.41) is 12.2. The average molecular weight is 362 g/mol. The van der Waals surface area contributed by atoms with E-state index in [-0.39, 0.29) is 0 Å². The first kappa shape index (κ1) is 20.7. The highest BCUT2D eigenvalue weighted by atomic mass is 16.3. The molecule has 1 amide bonds. The second-order valence-electron chi connectivity index (χ2n) is 7.99. The number of anilines is 1. The lowest BCUT2D eigenvalue weighted by Gasteiger charge is -2.30. The molecule has 1 aliphatic rings. The Morgan fingerprint density at radius 3 is 2.50 bits per heavy atom. The molecule has 1 aromatic rings. The van der Waals surface area contributed by atoms with Crippen molar-refractivity contribution in [1.82, 2.24) is 5.43 Å². The molecule has 0 aromatic heterocycles. The second kappa shape index (κ2) is 10.5. The second-order valence-corrected chi connectivity index (χ2v) is 7.99. The van der Waals surface area contributed by atoms with Gasteiger partial charge in [-0.15, -0.1) is 0 Å². The van der Waals surface area contributed by atoms with E-state index in [2.05, 4.69) is 19.3 Å². The normalized spacial score (nSPS) is 17.7. The van der Waals surface area contributed by atoms with Gasteiger partial charge in [0.25, 0.3) is 5.91 Å². The van der Waals surface area contributed by atoms with Crippen molar-refractivity contribution in [2.75, 3.05) is 11.6 Å². The summed E-state index contributed by atoms with van der Waals surface area (Å²) in [6.45, 7) is 5.00.